The minimum atomic E-state index is -2.94. The van der Waals surface area contributed by atoms with Gasteiger partial charge in [0, 0.05) is 43.6 Å². The number of nitrogens with one attached hydrogen (secondary N) is 1. The number of hydrogen-bond donors (Lipinski definition) is 1. The van der Waals surface area contributed by atoms with E-state index in [9.17, 15) is 13.2 Å². The van der Waals surface area contributed by atoms with Crippen LogP contribution in [0.15, 0.2) is 24.3 Å². The maximum atomic E-state index is 12.2. The molecule has 0 saturated carbocycles. The Morgan fingerprint density at radius 1 is 1.19 bits per heavy atom. The number of piperazine rings is 1. The van der Waals surface area contributed by atoms with Crippen LogP contribution in [0.4, 0.5) is 11.4 Å². The molecule has 2 fully saturated rings. The number of hydrogen-bond acceptors (Lipinski definition) is 6. The van der Waals surface area contributed by atoms with Crippen molar-refractivity contribution in [1.82, 2.24) is 9.80 Å². The lowest BCUT2D eigenvalue weighted by molar-refractivity contribution is -0.117. The molecule has 0 aromatic heterocycles. The lowest BCUT2D eigenvalue weighted by atomic mass is 10.2. The number of nitrogens with zero attached hydrogens (tertiary/aromatic N) is 3. The molecule has 0 aliphatic carbocycles. The first kappa shape index (κ1) is 19.1. The van der Waals surface area contributed by atoms with Crippen LogP contribution in [-0.2, 0) is 14.6 Å². The molecule has 2 aliphatic rings. The van der Waals surface area contributed by atoms with Gasteiger partial charge in [0.25, 0.3) is 0 Å². The highest BCUT2D eigenvalue weighted by Crippen LogP contribution is 2.20. The molecule has 2 saturated heterocycles. The summed E-state index contributed by atoms with van der Waals surface area (Å²) in [4.78, 5) is 18.7. The van der Waals surface area contributed by atoms with Gasteiger partial charge < -0.3 is 15.1 Å². The smallest absolute Gasteiger partial charge is 0.238 e. The van der Waals surface area contributed by atoms with E-state index in [0.717, 1.165) is 31.9 Å². The molecule has 3 rings (SSSR count). The third-order valence-corrected chi connectivity index (χ3v) is 6.99. The van der Waals surface area contributed by atoms with Crippen molar-refractivity contribution in [2.45, 2.75) is 12.5 Å². The number of sulfone groups is 1. The molecule has 2 heterocycles. The highest BCUT2D eigenvalue weighted by Gasteiger charge is 2.31. The van der Waals surface area contributed by atoms with Crippen LogP contribution in [0.1, 0.15) is 6.42 Å². The topological polar surface area (TPSA) is 73.0 Å². The van der Waals surface area contributed by atoms with E-state index in [1.54, 1.807) is 0 Å². The minimum absolute atomic E-state index is 0.0645. The monoisotopic (exact) mass is 380 g/mol. The van der Waals surface area contributed by atoms with Crippen molar-refractivity contribution in [3.05, 3.63) is 24.3 Å². The molecule has 1 aromatic carbocycles. The van der Waals surface area contributed by atoms with Gasteiger partial charge in [-0.1, -0.05) is 0 Å². The summed E-state index contributed by atoms with van der Waals surface area (Å²) in [7, 11) is 1.00. The van der Waals surface area contributed by atoms with Crippen LogP contribution in [0, 0.1) is 0 Å². The van der Waals surface area contributed by atoms with Crippen molar-refractivity contribution in [2.75, 3.05) is 68.5 Å². The number of rotatable bonds is 5. The average Bonchev–Trinajstić information content (AvgIpc) is 2.96. The van der Waals surface area contributed by atoms with Crippen LogP contribution in [0.25, 0.3) is 0 Å². The fourth-order valence-electron chi connectivity index (χ4n) is 3.50. The summed E-state index contributed by atoms with van der Waals surface area (Å²) in [5.41, 5.74) is 1.93. The van der Waals surface area contributed by atoms with E-state index < -0.39 is 9.84 Å². The summed E-state index contributed by atoms with van der Waals surface area (Å²) in [6.45, 7) is 4.33. The van der Waals surface area contributed by atoms with Crippen molar-refractivity contribution in [1.29, 1.82) is 0 Å². The molecule has 1 unspecified atom stereocenters. The summed E-state index contributed by atoms with van der Waals surface area (Å²) >= 11 is 0. The SMILES string of the molecule is CN1CCN(c2ccc(NC(=O)CN(C)C3CCS(=O)(=O)C3)cc2)CC1. The van der Waals surface area contributed by atoms with Gasteiger partial charge in [0.2, 0.25) is 5.91 Å². The second kappa shape index (κ2) is 7.94. The van der Waals surface area contributed by atoms with Crippen molar-refractivity contribution >= 4 is 27.1 Å². The molecular formula is C18H28N4O3S. The van der Waals surface area contributed by atoms with Crippen LogP contribution in [0.5, 0.6) is 0 Å². The first-order valence-electron chi connectivity index (χ1n) is 9.06. The average molecular weight is 381 g/mol. The predicted octanol–water partition coefficient (Wildman–Crippen LogP) is 0.496. The first-order chi connectivity index (χ1) is 12.3. The Balaban J connectivity index is 1.50. The van der Waals surface area contributed by atoms with Gasteiger partial charge in [0.15, 0.2) is 9.84 Å². The number of carbonyl (C=O) groups excluding carboxylic acids is 1. The van der Waals surface area contributed by atoms with Gasteiger partial charge in [-0.2, -0.15) is 0 Å². The van der Waals surface area contributed by atoms with Gasteiger partial charge in [-0.3, -0.25) is 9.69 Å². The number of carbonyl (C=O) groups is 1. The normalized spacial score (nSPS) is 23.3. The maximum absolute atomic E-state index is 12.2. The zero-order chi connectivity index (χ0) is 18.7. The van der Waals surface area contributed by atoms with Gasteiger partial charge in [-0.15, -0.1) is 0 Å². The van der Waals surface area contributed by atoms with Crippen molar-refractivity contribution in [2.24, 2.45) is 0 Å². The Morgan fingerprint density at radius 2 is 1.85 bits per heavy atom. The van der Waals surface area contributed by atoms with E-state index in [1.165, 1.54) is 5.69 Å². The third-order valence-electron chi connectivity index (χ3n) is 5.24. The van der Waals surface area contributed by atoms with Crippen LogP contribution < -0.4 is 10.2 Å². The highest BCUT2D eigenvalue weighted by atomic mass is 32.2. The second-order valence-electron chi connectivity index (χ2n) is 7.36. The molecule has 26 heavy (non-hydrogen) atoms. The summed E-state index contributed by atoms with van der Waals surface area (Å²) < 4.78 is 23.1. The van der Waals surface area contributed by atoms with Gasteiger partial charge in [0.1, 0.15) is 0 Å². The Hall–Kier alpha value is -1.64. The molecule has 1 atom stereocenters. The third kappa shape index (κ3) is 4.96. The minimum Gasteiger partial charge on any atom is -0.369 e. The number of amides is 1. The summed E-state index contributed by atoms with van der Waals surface area (Å²) in [6, 6.07) is 7.85. The van der Waals surface area contributed by atoms with E-state index in [4.69, 9.17) is 0 Å². The lowest BCUT2D eigenvalue weighted by Gasteiger charge is -2.34. The van der Waals surface area contributed by atoms with E-state index in [-0.39, 0.29) is 30.0 Å². The molecule has 0 spiro atoms. The van der Waals surface area contributed by atoms with Crippen LogP contribution in [0.3, 0.4) is 0 Å². The van der Waals surface area contributed by atoms with E-state index in [1.807, 2.05) is 36.2 Å². The molecule has 0 bridgehead atoms. The number of benzene rings is 1. The maximum Gasteiger partial charge on any atom is 0.238 e. The van der Waals surface area contributed by atoms with Crippen molar-refractivity contribution in [3.8, 4) is 0 Å². The second-order valence-corrected chi connectivity index (χ2v) is 9.59. The molecule has 8 heteroatoms. The fourth-order valence-corrected chi connectivity index (χ4v) is 5.30. The predicted molar refractivity (Wildman–Crippen MR) is 104 cm³/mol. The zero-order valence-electron chi connectivity index (χ0n) is 15.5. The molecule has 0 radical (unpaired) electrons. The van der Waals surface area contributed by atoms with Crippen molar-refractivity contribution < 1.29 is 13.2 Å². The zero-order valence-corrected chi connectivity index (χ0v) is 16.3. The van der Waals surface area contributed by atoms with Crippen LogP contribution >= 0.6 is 0 Å². The van der Waals surface area contributed by atoms with Gasteiger partial charge in [-0.05, 0) is 44.8 Å². The quantitative estimate of drug-likeness (QED) is 0.802. The van der Waals surface area contributed by atoms with Gasteiger partial charge >= 0.3 is 0 Å². The summed E-state index contributed by atoms with van der Waals surface area (Å²) in [6.07, 6.45) is 0.603. The molecule has 2 aliphatic heterocycles. The van der Waals surface area contributed by atoms with Gasteiger partial charge in [-0.25, -0.2) is 8.42 Å². The molecule has 144 valence electrons. The highest BCUT2D eigenvalue weighted by molar-refractivity contribution is 7.91. The van der Waals surface area contributed by atoms with Gasteiger partial charge in [0.05, 0.1) is 18.1 Å². The Labute approximate surface area is 155 Å². The van der Waals surface area contributed by atoms with E-state index in [2.05, 4.69) is 22.2 Å². The summed E-state index contributed by atoms with van der Waals surface area (Å²) in [5.74, 6) is 0.248. The number of likely N-dealkylation sites (N-methyl/N-ethyl adjacent to an activating group) is 2. The largest absolute Gasteiger partial charge is 0.369 e. The fraction of sp³-hybridized carbons (Fsp3) is 0.611. The molecule has 1 aromatic rings. The van der Waals surface area contributed by atoms with E-state index >= 15 is 0 Å². The Morgan fingerprint density at radius 3 is 2.42 bits per heavy atom. The molecule has 1 N–H and O–H groups in total. The Kier molecular flexibility index (Phi) is 5.84. The summed E-state index contributed by atoms with van der Waals surface area (Å²) in [5, 5.41) is 2.90. The van der Waals surface area contributed by atoms with Crippen LogP contribution in [0.2, 0.25) is 0 Å². The molecule has 7 nitrogen and oxygen atoms in total. The first-order valence-corrected chi connectivity index (χ1v) is 10.9. The van der Waals surface area contributed by atoms with Crippen LogP contribution in [-0.4, -0.2) is 88.5 Å². The van der Waals surface area contributed by atoms with Crippen molar-refractivity contribution in [3.63, 3.8) is 0 Å². The molecular weight excluding hydrogens is 352 g/mol. The van der Waals surface area contributed by atoms with E-state index in [0.29, 0.717) is 6.42 Å². The molecule has 1 amide bonds. The number of anilines is 2. The Bertz CT molecular complexity index is 727. The standard InChI is InChI=1S/C18H28N4O3S/c1-20-8-10-22(11-9-20)16-5-3-15(4-6-16)19-18(23)13-21(2)17-7-12-26(24,25)14-17/h3-6,17H,7-14H2,1-2H3,(H,19,23). The lowest BCUT2D eigenvalue weighted by Crippen LogP contribution is -2.44.